The Morgan fingerprint density at radius 1 is 1.48 bits per heavy atom. The highest BCUT2D eigenvalue weighted by atomic mass is 32.2. The number of thioether (sulfide) groups is 1. The molecule has 1 aliphatic rings. The Labute approximate surface area is 151 Å². The number of nitriles is 1. The minimum absolute atomic E-state index is 0.107. The van der Waals surface area contributed by atoms with Gasteiger partial charge in [0.25, 0.3) is 0 Å². The average molecular weight is 356 g/mol. The summed E-state index contributed by atoms with van der Waals surface area (Å²) in [5.41, 5.74) is 0.0886. The van der Waals surface area contributed by atoms with Crippen molar-refractivity contribution in [1.82, 2.24) is 24.6 Å². The largest absolute Gasteiger partial charge is 0.327 e. The molecule has 3 rings (SSSR count). The van der Waals surface area contributed by atoms with Gasteiger partial charge in [-0.1, -0.05) is 11.8 Å². The van der Waals surface area contributed by atoms with Crippen molar-refractivity contribution < 1.29 is 4.79 Å². The van der Waals surface area contributed by atoms with Gasteiger partial charge in [0, 0.05) is 31.0 Å². The molecule has 0 aromatic carbocycles. The molecule has 2 aromatic heterocycles. The molecular weight excluding hydrogens is 336 g/mol. The third kappa shape index (κ3) is 3.66. The van der Waals surface area contributed by atoms with E-state index in [0.717, 1.165) is 29.4 Å². The summed E-state index contributed by atoms with van der Waals surface area (Å²) in [6.45, 7) is 3.45. The van der Waals surface area contributed by atoms with Crippen LogP contribution in [0.5, 0.6) is 0 Å². The second kappa shape index (κ2) is 6.84. The summed E-state index contributed by atoms with van der Waals surface area (Å²) >= 11 is 1.36. The zero-order valence-electron chi connectivity index (χ0n) is 14.5. The van der Waals surface area contributed by atoms with Crippen molar-refractivity contribution >= 4 is 17.7 Å². The van der Waals surface area contributed by atoms with Crippen molar-refractivity contribution in [3.8, 4) is 17.5 Å². The van der Waals surface area contributed by atoms with Crippen LogP contribution in [-0.4, -0.2) is 48.9 Å². The van der Waals surface area contributed by atoms with Gasteiger partial charge in [0.15, 0.2) is 11.0 Å². The van der Waals surface area contributed by atoms with Gasteiger partial charge in [-0.2, -0.15) is 5.26 Å². The van der Waals surface area contributed by atoms with Crippen molar-refractivity contribution in [3.63, 3.8) is 0 Å². The third-order valence-electron chi connectivity index (χ3n) is 4.31. The predicted octanol–water partition coefficient (Wildman–Crippen LogP) is 2.53. The Hall–Kier alpha value is -2.40. The molecule has 1 aliphatic carbocycles. The van der Waals surface area contributed by atoms with Gasteiger partial charge in [0.2, 0.25) is 5.91 Å². The molecule has 0 N–H and O–H groups in total. The van der Waals surface area contributed by atoms with Crippen molar-refractivity contribution in [2.75, 3.05) is 12.8 Å². The van der Waals surface area contributed by atoms with Crippen molar-refractivity contribution in [2.45, 2.75) is 43.4 Å². The van der Waals surface area contributed by atoms with Gasteiger partial charge >= 0.3 is 0 Å². The standard InChI is InChI=1S/C17H20N6OS/c1-17(2,11-18)22(3)14(24)10-25-16-21-20-15(23(16)13-6-7-13)12-5-4-8-19-9-12/h4-5,8-9,13H,6-7,10H2,1-3H3. The van der Waals surface area contributed by atoms with E-state index >= 15 is 0 Å². The highest BCUT2D eigenvalue weighted by molar-refractivity contribution is 7.99. The Kier molecular flexibility index (Phi) is 4.77. The molecule has 1 amide bonds. The first-order valence-electron chi connectivity index (χ1n) is 8.10. The Bertz CT molecular complexity index is 806. The first-order chi connectivity index (χ1) is 11.9. The molecule has 1 fully saturated rings. The summed E-state index contributed by atoms with van der Waals surface area (Å²) in [5, 5.41) is 18.5. The molecular formula is C17H20N6OS. The third-order valence-corrected chi connectivity index (χ3v) is 5.24. The van der Waals surface area contributed by atoms with Gasteiger partial charge in [-0.25, -0.2) is 0 Å². The fourth-order valence-electron chi connectivity index (χ4n) is 2.34. The van der Waals surface area contributed by atoms with E-state index in [-0.39, 0.29) is 11.7 Å². The average Bonchev–Trinajstić information content (AvgIpc) is 3.38. The second-order valence-electron chi connectivity index (χ2n) is 6.56. The van der Waals surface area contributed by atoms with E-state index in [0.29, 0.717) is 6.04 Å². The number of amides is 1. The fraction of sp³-hybridized carbons (Fsp3) is 0.471. The second-order valence-corrected chi connectivity index (χ2v) is 7.50. The maximum atomic E-state index is 12.4. The van der Waals surface area contributed by atoms with Crippen LogP contribution in [0.2, 0.25) is 0 Å². The van der Waals surface area contributed by atoms with Crippen molar-refractivity contribution in [3.05, 3.63) is 24.5 Å². The predicted molar refractivity (Wildman–Crippen MR) is 94.7 cm³/mol. The van der Waals surface area contributed by atoms with Gasteiger partial charge in [-0.15, -0.1) is 10.2 Å². The number of pyridine rings is 1. The lowest BCUT2D eigenvalue weighted by atomic mass is 10.1. The number of aromatic nitrogens is 4. The Morgan fingerprint density at radius 3 is 2.84 bits per heavy atom. The lowest BCUT2D eigenvalue weighted by molar-refractivity contribution is -0.130. The van der Waals surface area contributed by atoms with Gasteiger partial charge in [0.1, 0.15) is 5.54 Å². The van der Waals surface area contributed by atoms with Crippen LogP contribution in [0.4, 0.5) is 0 Å². The van der Waals surface area contributed by atoms with E-state index in [1.54, 1.807) is 33.3 Å². The van der Waals surface area contributed by atoms with Crippen LogP contribution >= 0.6 is 11.8 Å². The molecule has 1 saturated carbocycles. The van der Waals surface area contributed by atoms with E-state index in [4.69, 9.17) is 0 Å². The number of nitrogens with zero attached hydrogens (tertiary/aromatic N) is 6. The summed E-state index contributed by atoms with van der Waals surface area (Å²) in [6.07, 6.45) is 5.68. The topological polar surface area (TPSA) is 87.7 Å². The van der Waals surface area contributed by atoms with Gasteiger partial charge in [0.05, 0.1) is 11.8 Å². The molecule has 0 radical (unpaired) electrons. The van der Waals surface area contributed by atoms with Crippen LogP contribution in [0.1, 0.15) is 32.7 Å². The normalized spacial score (nSPS) is 14.2. The highest BCUT2D eigenvalue weighted by Gasteiger charge is 2.31. The van der Waals surface area contributed by atoms with Crippen LogP contribution in [0, 0.1) is 11.3 Å². The molecule has 2 aromatic rings. The molecule has 130 valence electrons. The summed E-state index contributed by atoms with van der Waals surface area (Å²) in [4.78, 5) is 18.0. The first kappa shape index (κ1) is 17.4. The number of hydrogen-bond donors (Lipinski definition) is 0. The maximum absolute atomic E-state index is 12.4. The summed E-state index contributed by atoms with van der Waals surface area (Å²) in [6, 6.07) is 6.35. The summed E-state index contributed by atoms with van der Waals surface area (Å²) in [5.74, 6) is 0.903. The molecule has 7 nitrogen and oxygen atoms in total. The van der Waals surface area contributed by atoms with E-state index in [9.17, 15) is 10.1 Å². The Morgan fingerprint density at radius 2 is 2.24 bits per heavy atom. The molecule has 0 atom stereocenters. The molecule has 0 aliphatic heterocycles. The smallest absolute Gasteiger partial charge is 0.234 e. The van der Waals surface area contributed by atoms with Gasteiger partial charge < -0.3 is 4.90 Å². The molecule has 0 spiro atoms. The van der Waals surface area contributed by atoms with E-state index in [2.05, 4.69) is 25.8 Å². The van der Waals surface area contributed by atoms with E-state index < -0.39 is 5.54 Å². The van der Waals surface area contributed by atoms with E-state index in [1.807, 2.05) is 12.1 Å². The van der Waals surface area contributed by atoms with Crippen LogP contribution < -0.4 is 0 Å². The molecule has 0 saturated heterocycles. The first-order valence-corrected chi connectivity index (χ1v) is 9.08. The lowest BCUT2D eigenvalue weighted by Crippen LogP contribution is -2.44. The number of rotatable bonds is 6. The number of hydrogen-bond acceptors (Lipinski definition) is 6. The number of carbonyl (C=O) groups is 1. The monoisotopic (exact) mass is 356 g/mol. The SMILES string of the molecule is CN(C(=O)CSc1nnc(-c2cccnc2)n1C1CC1)C(C)(C)C#N. The zero-order chi connectivity index (χ0) is 18.0. The van der Waals surface area contributed by atoms with Gasteiger partial charge in [-0.3, -0.25) is 14.3 Å². The number of carbonyl (C=O) groups excluding carboxylic acids is 1. The quantitative estimate of drug-likeness (QED) is 0.739. The van der Waals surface area contributed by atoms with E-state index in [1.165, 1.54) is 16.7 Å². The lowest BCUT2D eigenvalue weighted by Gasteiger charge is -2.28. The van der Waals surface area contributed by atoms with Crippen LogP contribution in [0.25, 0.3) is 11.4 Å². The van der Waals surface area contributed by atoms with Crippen LogP contribution in [0.15, 0.2) is 29.7 Å². The summed E-state index contributed by atoms with van der Waals surface area (Å²) in [7, 11) is 1.65. The minimum atomic E-state index is -0.831. The maximum Gasteiger partial charge on any atom is 0.234 e. The van der Waals surface area contributed by atoms with Gasteiger partial charge in [-0.05, 0) is 38.8 Å². The molecule has 8 heteroatoms. The molecule has 0 bridgehead atoms. The molecule has 2 heterocycles. The highest BCUT2D eigenvalue weighted by Crippen LogP contribution is 2.41. The summed E-state index contributed by atoms with van der Waals surface area (Å²) < 4.78 is 2.10. The molecule has 0 unspecified atom stereocenters. The zero-order valence-corrected chi connectivity index (χ0v) is 15.3. The molecule has 25 heavy (non-hydrogen) atoms. The van der Waals surface area contributed by atoms with Crippen molar-refractivity contribution in [2.24, 2.45) is 0 Å². The van der Waals surface area contributed by atoms with Crippen LogP contribution in [0.3, 0.4) is 0 Å². The fourth-order valence-corrected chi connectivity index (χ4v) is 3.26. The minimum Gasteiger partial charge on any atom is -0.327 e. The van der Waals surface area contributed by atoms with Crippen molar-refractivity contribution in [1.29, 1.82) is 5.26 Å². The Balaban J connectivity index is 1.77. The van der Waals surface area contributed by atoms with Crippen LogP contribution in [-0.2, 0) is 4.79 Å².